The van der Waals surface area contributed by atoms with Crippen LogP contribution < -0.4 is 5.32 Å². The molecule has 0 bridgehead atoms. The number of hydrogen-bond acceptors (Lipinski definition) is 3. The van der Waals surface area contributed by atoms with Gasteiger partial charge in [0, 0.05) is 23.5 Å². The van der Waals surface area contributed by atoms with Gasteiger partial charge in [-0.05, 0) is 62.9 Å². The van der Waals surface area contributed by atoms with Crippen LogP contribution in [-0.2, 0) is 4.79 Å². The zero-order valence-corrected chi connectivity index (χ0v) is 12.7. The Bertz CT molecular complexity index is 668. The molecule has 1 aliphatic heterocycles. The molecule has 0 atom stereocenters. The predicted octanol–water partition coefficient (Wildman–Crippen LogP) is 2.77. The maximum Gasteiger partial charge on any atom is 0.224 e. The molecule has 0 radical (unpaired) electrons. The van der Waals surface area contributed by atoms with E-state index in [1.165, 1.54) is 25.9 Å². The summed E-state index contributed by atoms with van der Waals surface area (Å²) in [6.07, 6.45) is 7.49. The standard InChI is InChI=1S/C17H22N4O/c22-17(9-12-5-7-21(8-6-12)15-3-4-15)19-14-2-1-13-11-18-20-16(13)10-14/h1-2,10-12,15H,3-9H2,(H,18,20)(H,19,22). The number of nitrogens with one attached hydrogen (secondary N) is 2. The largest absolute Gasteiger partial charge is 0.326 e. The Morgan fingerprint density at radius 2 is 2.09 bits per heavy atom. The third kappa shape index (κ3) is 2.99. The minimum Gasteiger partial charge on any atom is -0.326 e. The lowest BCUT2D eigenvalue weighted by Crippen LogP contribution is -2.36. The number of benzene rings is 1. The number of H-pyrrole nitrogens is 1. The molecule has 1 aromatic heterocycles. The van der Waals surface area contributed by atoms with Gasteiger partial charge >= 0.3 is 0 Å². The second-order valence-corrected chi connectivity index (χ2v) is 6.63. The summed E-state index contributed by atoms with van der Waals surface area (Å²) in [5, 5.41) is 11.0. The molecule has 1 aromatic carbocycles. The number of aromatic amines is 1. The number of aromatic nitrogens is 2. The van der Waals surface area contributed by atoms with Crippen LogP contribution in [0.25, 0.3) is 10.9 Å². The fraction of sp³-hybridized carbons (Fsp3) is 0.529. The summed E-state index contributed by atoms with van der Waals surface area (Å²) >= 11 is 0. The van der Waals surface area contributed by atoms with Crippen molar-refractivity contribution in [3.05, 3.63) is 24.4 Å². The van der Waals surface area contributed by atoms with Crippen molar-refractivity contribution in [3.8, 4) is 0 Å². The summed E-state index contributed by atoms with van der Waals surface area (Å²) in [6.45, 7) is 2.34. The van der Waals surface area contributed by atoms with Gasteiger partial charge in [0.15, 0.2) is 0 Å². The fourth-order valence-electron chi connectivity index (χ4n) is 3.45. The molecular formula is C17H22N4O. The molecule has 1 amide bonds. The predicted molar refractivity (Wildman–Crippen MR) is 86.7 cm³/mol. The number of carbonyl (C=O) groups excluding carboxylic acids is 1. The van der Waals surface area contributed by atoms with Gasteiger partial charge in [0.05, 0.1) is 11.7 Å². The number of anilines is 1. The van der Waals surface area contributed by atoms with E-state index in [2.05, 4.69) is 20.4 Å². The van der Waals surface area contributed by atoms with Gasteiger partial charge in [0.25, 0.3) is 0 Å². The molecule has 2 aromatic rings. The normalized spacial score (nSPS) is 20.4. The molecule has 0 unspecified atom stereocenters. The molecular weight excluding hydrogens is 276 g/mol. The van der Waals surface area contributed by atoms with Crippen molar-refractivity contribution in [2.45, 2.75) is 38.1 Å². The second-order valence-electron chi connectivity index (χ2n) is 6.63. The molecule has 4 rings (SSSR count). The third-order valence-corrected chi connectivity index (χ3v) is 4.91. The molecule has 1 saturated carbocycles. The van der Waals surface area contributed by atoms with E-state index in [1.54, 1.807) is 6.20 Å². The van der Waals surface area contributed by atoms with Gasteiger partial charge < -0.3 is 10.2 Å². The molecule has 2 heterocycles. The fourth-order valence-corrected chi connectivity index (χ4v) is 3.45. The van der Waals surface area contributed by atoms with Gasteiger partial charge in [0.1, 0.15) is 0 Å². The molecule has 5 heteroatoms. The highest BCUT2D eigenvalue weighted by atomic mass is 16.1. The number of nitrogens with zero attached hydrogens (tertiary/aromatic N) is 2. The van der Waals surface area contributed by atoms with Crippen molar-refractivity contribution in [2.24, 2.45) is 5.92 Å². The van der Waals surface area contributed by atoms with Gasteiger partial charge in [0.2, 0.25) is 5.91 Å². The summed E-state index contributed by atoms with van der Waals surface area (Å²) < 4.78 is 0. The number of amides is 1. The topological polar surface area (TPSA) is 61.0 Å². The van der Waals surface area contributed by atoms with E-state index in [0.29, 0.717) is 12.3 Å². The number of carbonyl (C=O) groups is 1. The van der Waals surface area contributed by atoms with E-state index in [9.17, 15) is 4.79 Å². The van der Waals surface area contributed by atoms with E-state index in [0.717, 1.165) is 35.5 Å². The average molecular weight is 298 g/mol. The van der Waals surface area contributed by atoms with Gasteiger partial charge in [-0.25, -0.2) is 0 Å². The molecule has 1 saturated heterocycles. The van der Waals surface area contributed by atoms with Crippen molar-refractivity contribution in [1.29, 1.82) is 0 Å². The molecule has 2 N–H and O–H groups in total. The van der Waals surface area contributed by atoms with Crippen LogP contribution in [0.5, 0.6) is 0 Å². The molecule has 2 aliphatic rings. The first-order chi connectivity index (χ1) is 10.8. The summed E-state index contributed by atoms with van der Waals surface area (Å²) in [7, 11) is 0. The maximum absolute atomic E-state index is 12.2. The highest BCUT2D eigenvalue weighted by Crippen LogP contribution is 2.31. The van der Waals surface area contributed by atoms with E-state index in [-0.39, 0.29) is 5.91 Å². The lowest BCUT2D eigenvalue weighted by Gasteiger charge is -2.31. The Kier molecular flexibility index (Phi) is 3.58. The van der Waals surface area contributed by atoms with E-state index in [1.807, 2.05) is 18.2 Å². The van der Waals surface area contributed by atoms with Crippen LogP contribution in [0.4, 0.5) is 5.69 Å². The first-order valence-electron chi connectivity index (χ1n) is 8.25. The summed E-state index contributed by atoms with van der Waals surface area (Å²) in [5.41, 5.74) is 1.80. The van der Waals surface area contributed by atoms with Crippen LogP contribution in [0.15, 0.2) is 24.4 Å². The van der Waals surface area contributed by atoms with Crippen LogP contribution >= 0.6 is 0 Å². The minimum absolute atomic E-state index is 0.128. The number of likely N-dealkylation sites (tertiary alicyclic amines) is 1. The molecule has 2 fully saturated rings. The average Bonchev–Trinajstić information content (AvgIpc) is 3.26. The van der Waals surface area contributed by atoms with Crippen LogP contribution in [0.3, 0.4) is 0 Å². The Morgan fingerprint density at radius 3 is 2.86 bits per heavy atom. The van der Waals surface area contributed by atoms with Crippen molar-refractivity contribution in [1.82, 2.24) is 15.1 Å². The highest BCUT2D eigenvalue weighted by molar-refractivity contribution is 5.93. The Morgan fingerprint density at radius 1 is 1.27 bits per heavy atom. The summed E-state index contributed by atoms with van der Waals surface area (Å²) in [6, 6.07) is 6.71. The zero-order chi connectivity index (χ0) is 14.9. The van der Waals surface area contributed by atoms with Crippen LogP contribution in [0, 0.1) is 5.92 Å². The third-order valence-electron chi connectivity index (χ3n) is 4.91. The van der Waals surface area contributed by atoms with E-state index < -0.39 is 0 Å². The first kappa shape index (κ1) is 13.8. The first-order valence-corrected chi connectivity index (χ1v) is 8.25. The zero-order valence-electron chi connectivity index (χ0n) is 12.7. The summed E-state index contributed by atoms with van der Waals surface area (Å²) in [4.78, 5) is 14.8. The number of fused-ring (bicyclic) bond motifs is 1. The van der Waals surface area contributed by atoms with Crippen LogP contribution in [0.1, 0.15) is 32.1 Å². The van der Waals surface area contributed by atoms with Crippen LogP contribution in [0.2, 0.25) is 0 Å². The van der Waals surface area contributed by atoms with Gasteiger partial charge in [-0.1, -0.05) is 0 Å². The van der Waals surface area contributed by atoms with Crippen molar-refractivity contribution < 1.29 is 4.79 Å². The lowest BCUT2D eigenvalue weighted by atomic mass is 9.93. The maximum atomic E-state index is 12.2. The monoisotopic (exact) mass is 298 g/mol. The van der Waals surface area contributed by atoms with E-state index in [4.69, 9.17) is 0 Å². The number of piperidine rings is 1. The smallest absolute Gasteiger partial charge is 0.224 e. The number of rotatable bonds is 4. The SMILES string of the molecule is O=C(CC1CCN(C2CC2)CC1)Nc1ccc2cn[nH]c2c1. The second kappa shape index (κ2) is 5.72. The van der Waals surface area contributed by atoms with Gasteiger partial charge in [-0.2, -0.15) is 5.10 Å². The molecule has 5 nitrogen and oxygen atoms in total. The Labute approximate surface area is 130 Å². The van der Waals surface area contributed by atoms with Gasteiger partial charge in [-0.3, -0.25) is 9.89 Å². The molecule has 1 aliphatic carbocycles. The van der Waals surface area contributed by atoms with Crippen LogP contribution in [-0.4, -0.2) is 40.1 Å². The molecule has 22 heavy (non-hydrogen) atoms. The highest BCUT2D eigenvalue weighted by Gasteiger charge is 2.32. The van der Waals surface area contributed by atoms with Crippen molar-refractivity contribution in [2.75, 3.05) is 18.4 Å². The van der Waals surface area contributed by atoms with Gasteiger partial charge in [-0.15, -0.1) is 0 Å². The molecule has 116 valence electrons. The quantitative estimate of drug-likeness (QED) is 0.912. The molecule has 0 spiro atoms. The van der Waals surface area contributed by atoms with Crippen molar-refractivity contribution in [3.63, 3.8) is 0 Å². The lowest BCUT2D eigenvalue weighted by molar-refractivity contribution is -0.117. The Hall–Kier alpha value is -1.88. The van der Waals surface area contributed by atoms with E-state index >= 15 is 0 Å². The Balaban J connectivity index is 1.30. The number of hydrogen-bond donors (Lipinski definition) is 2. The summed E-state index contributed by atoms with van der Waals surface area (Å²) in [5.74, 6) is 0.662. The van der Waals surface area contributed by atoms with Crippen molar-refractivity contribution >= 4 is 22.5 Å². The minimum atomic E-state index is 0.128.